The molecule has 1 aliphatic carbocycles. The van der Waals surface area contributed by atoms with Gasteiger partial charge in [-0.05, 0) is 25.0 Å². The Hall–Kier alpha value is -2.47. The molecule has 12 heteroatoms. The van der Waals surface area contributed by atoms with Crippen molar-refractivity contribution >= 4 is 21.6 Å². The highest BCUT2D eigenvalue weighted by atomic mass is 32.2. The molecule has 0 unspecified atom stereocenters. The molecule has 0 radical (unpaired) electrons. The summed E-state index contributed by atoms with van der Waals surface area (Å²) in [6.45, 7) is 1.84. The maximum Gasteiger partial charge on any atom is 0.417 e. The quantitative estimate of drug-likeness (QED) is 0.726. The number of sulfone groups is 1. The summed E-state index contributed by atoms with van der Waals surface area (Å²) < 4.78 is 70.4. The number of hydrogen-bond acceptors (Lipinski definition) is 8. The normalized spacial score (nSPS) is 18.8. The lowest BCUT2D eigenvalue weighted by atomic mass is 10.0. The third-order valence-electron chi connectivity index (χ3n) is 5.45. The summed E-state index contributed by atoms with van der Waals surface area (Å²) in [6, 6.07) is 2.22. The van der Waals surface area contributed by atoms with Gasteiger partial charge in [-0.1, -0.05) is 0 Å². The average Bonchev–Trinajstić information content (AvgIpc) is 3.46. The minimum absolute atomic E-state index is 0.0334. The number of rotatable bonds is 5. The number of aromatic nitrogens is 3. The molecule has 0 aromatic carbocycles. The van der Waals surface area contributed by atoms with E-state index >= 15 is 0 Å². The molecule has 3 heterocycles. The molecule has 1 aliphatic heterocycles. The van der Waals surface area contributed by atoms with Crippen molar-refractivity contribution in [2.24, 2.45) is 0 Å². The molecule has 0 atom stereocenters. The Morgan fingerprint density at radius 2 is 1.87 bits per heavy atom. The van der Waals surface area contributed by atoms with Crippen LogP contribution in [0.5, 0.6) is 0 Å². The molecular formula is C19H22F3N5O3S. The van der Waals surface area contributed by atoms with Gasteiger partial charge in [0.15, 0.2) is 0 Å². The lowest BCUT2D eigenvalue weighted by Crippen LogP contribution is -2.38. The first kappa shape index (κ1) is 21.8. The summed E-state index contributed by atoms with van der Waals surface area (Å²) in [5, 5.41) is 0. The maximum atomic E-state index is 13.7. The van der Waals surface area contributed by atoms with E-state index in [-0.39, 0.29) is 28.8 Å². The number of ether oxygens (including phenoxy) is 1. The summed E-state index contributed by atoms with van der Waals surface area (Å²) in [6.07, 6.45) is -1.30. The van der Waals surface area contributed by atoms with Crippen molar-refractivity contribution < 1.29 is 26.3 Å². The molecule has 0 spiro atoms. The van der Waals surface area contributed by atoms with Crippen molar-refractivity contribution in [3.05, 3.63) is 29.6 Å². The number of hydrogen-bond donors (Lipinski definition) is 1. The largest absolute Gasteiger partial charge is 0.417 e. The fraction of sp³-hybridized carbons (Fsp3) is 0.526. The van der Waals surface area contributed by atoms with Crippen LogP contribution in [0.25, 0.3) is 11.3 Å². The third-order valence-corrected chi connectivity index (χ3v) is 6.53. The molecule has 4 rings (SSSR count). The van der Waals surface area contributed by atoms with Crippen LogP contribution in [-0.4, -0.2) is 61.7 Å². The second-order valence-electron chi connectivity index (χ2n) is 8.04. The van der Waals surface area contributed by atoms with E-state index in [1.165, 1.54) is 6.07 Å². The first-order chi connectivity index (χ1) is 14.5. The van der Waals surface area contributed by atoms with Crippen LogP contribution in [0, 0.1) is 0 Å². The van der Waals surface area contributed by atoms with Crippen molar-refractivity contribution in [1.29, 1.82) is 0 Å². The molecule has 8 nitrogen and oxygen atoms in total. The standard InChI is InChI=1S/C19H22F3N5O3S/c1-31(28,29)11-18(2-3-18)15-9-14(25-17(26-15)27-4-6-30-7-5-27)12-10-24-16(23)8-13(12)19(20,21)22/h8-10H,2-7,11H2,1H3,(H2,23,24). The minimum Gasteiger partial charge on any atom is -0.384 e. The van der Waals surface area contributed by atoms with Crippen LogP contribution < -0.4 is 10.6 Å². The van der Waals surface area contributed by atoms with E-state index in [2.05, 4.69) is 15.0 Å². The number of pyridine rings is 1. The summed E-state index contributed by atoms with van der Waals surface area (Å²) in [5.74, 6) is -0.125. The van der Waals surface area contributed by atoms with E-state index in [0.717, 1.165) is 18.5 Å². The number of morpholine rings is 1. The minimum atomic E-state index is -4.67. The van der Waals surface area contributed by atoms with Gasteiger partial charge in [0.05, 0.1) is 35.9 Å². The topological polar surface area (TPSA) is 111 Å². The van der Waals surface area contributed by atoms with E-state index in [1.54, 1.807) is 0 Å². The average molecular weight is 457 g/mol. The molecule has 168 valence electrons. The van der Waals surface area contributed by atoms with Crippen LogP contribution in [0.3, 0.4) is 0 Å². The van der Waals surface area contributed by atoms with Gasteiger partial charge in [-0.15, -0.1) is 0 Å². The smallest absolute Gasteiger partial charge is 0.384 e. The molecule has 2 fully saturated rings. The Morgan fingerprint density at radius 3 is 2.45 bits per heavy atom. The van der Waals surface area contributed by atoms with Gasteiger partial charge in [0.25, 0.3) is 0 Å². The molecule has 2 aliphatic rings. The zero-order chi connectivity index (χ0) is 22.4. The predicted molar refractivity (Wildman–Crippen MR) is 108 cm³/mol. The van der Waals surface area contributed by atoms with E-state index in [1.807, 2.05) is 4.90 Å². The van der Waals surface area contributed by atoms with Crippen LogP contribution in [0.2, 0.25) is 0 Å². The highest BCUT2D eigenvalue weighted by Gasteiger charge is 2.49. The molecule has 1 saturated carbocycles. The van der Waals surface area contributed by atoms with Crippen LogP contribution >= 0.6 is 0 Å². The number of nitrogens with zero attached hydrogens (tertiary/aromatic N) is 4. The molecule has 2 aromatic rings. The van der Waals surface area contributed by atoms with Gasteiger partial charge < -0.3 is 15.4 Å². The Bertz CT molecular complexity index is 1100. The zero-order valence-corrected chi connectivity index (χ0v) is 17.6. The Balaban J connectivity index is 1.87. The number of nitrogens with two attached hydrogens (primary N) is 1. The number of halogens is 3. The second-order valence-corrected chi connectivity index (χ2v) is 10.2. The lowest BCUT2D eigenvalue weighted by Gasteiger charge is -2.28. The summed E-state index contributed by atoms with van der Waals surface area (Å²) in [4.78, 5) is 14.6. The van der Waals surface area contributed by atoms with Gasteiger partial charge in [-0.25, -0.2) is 23.4 Å². The van der Waals surface area contributed by atoms with Crippen LogP contribution in [0.4, 0.5) is 24.9 Å². The van der Waals surface area contributed by atoms with Gasteiger partial charge >= 0.3 is 6.18 Å². The van der Waals surface area contributed by atoms with E-state index < -0.39 is 27.0 Å². The van der Waals surface area contributed by atoms with Crippen molar-refractivity contribution in [1.82, 2.24) is 15.0 Å². The van der Waals surface area contributed by atoms with Crippen molar-refractivity contribution in [3.63, 3.8) is 0 Å². The fourth-order valence-corrected chi connectivity index (χ4v) is 5.23. The van der Waals surface area contributed by atoms with Crippen LogP contribution in [0.1, 0.15) is 24.1 Å². The highest BCUT2D eigenvalue weighted by Crippen LogP contribution is 2.49. The number of anilines is 2. The third kappa shape index (κ3) is 4.74. The predicted octanol–water partition coefficient (Wildman–Crippen LogP) is 2.05. The Kier molecular flexibility index (Phi) is 5.32. The molecular weight excluding hydrogens is 435 g/mol. The number of alkyl halides is 3. The molecule has 0 amide bonds. The fourth-order valence-electron chi connectivity index (χ4n) is 3.79. The van der Waals surface area contributed by atoms with Gasteiger partial charge in [-0.3, -0.25) is 0 Å². The Morgan fingerprint density at radius 1 is 1.19 bits per heavy atom. The number of nitrogen functional groups attached to an aromatic ring is 1. The summed E-state index contributed by atoms with van der Waals surface area (Å²) in [5.41, 5.74) is 4.06. The maximum absolute atomic E-state index is 13.7. The highest BCUT2D eigenvalue weighted by molar-refractivity contribution is 7.90. The molecule has 0 bridgehead atoms. The van der Waals surface area contributed by atoms with Crippen molar-refractivity contribution in [3.8, 4) is 11.3 Å². The van der Waals surface area contributed by atoms with E-state index in [0.29, 0.717) is 44.8 Å². The van der Waals surface area contributed by atoms with Crippen LogP contribution in [0.15, 0.2) is 18.3 Å². The van der Waals surface area contributed by atoms with Crippen molar-refractivity contribution in [2.45, 2.75) is 24.4 Å². The first-order valence-corrected chi connectivity index (χ1v) is 11.8. The van der Waals surface area contributed by atoms with E-state index in [9.17, 15) is 21.6 Å². The molecule has 2 aromatic heterocycles. The monoisotopic (exact) mass is 457 g/mol. The SMILES string of the molecule is CS(=O)(=O)CC1(c2cc(-c3cnc(N)cc3C(F)(F)F)nc(N3CCOCC3)n2)CC1. The first-order valence-electron chi connectivity index (χ1n) is 9.70. The molecule has 2 N–H and O–H groups in total. The van der Waals surface area contributed by atoms with Crippen molar-refractivity contribution in [2.75, 3.05) is 48.9 Å². The summed E-state index contributed by atoms with van der Waals surface area (Å²) in [7, 11) is -3.32. The zero-order valence-electron chi connectivity index (χ0n) is 16.8. The van der Waals surface area contributed by atoms with Gasteiger partial charge in [0.2, 0.25) is 5.95 Å². The van der Waals surface area contributed by atoms with Gasteiger partial charge in [-0.2, -0.15) is 13.2 Å². The van der Waals surface area contributed by atoms with Crippen LogP contribution in [-0.2, 0) is 26.2 Å². The lowest BCUT2D eigenvalue weighted by molar-refractivity contribution is -0.137. The molecule has 1 saturated heterocycles. The van der Waals surface area contributed by atoms with Gasteiger partial charge in [0, 0.05) is 36.5 Å². The summed E-state index contributed by atoms with van der Waals surface area (Å²) >= 11 is 0. The van der Waals surface area contributed by atoms with Gasteiger partial charge in [0.1, 0.15) is 15.7 Å². The Labute approximate surface area is 177 Å². The van der Waals surface area contributed by atoms with E-state index in [4.69, 9.17) is 10.5 Å². The molecule has 31 heavy (non-hydrogen) atoms. The second kappa shape index (κ2) is 7.59.